The molecule has 0 aliphatic carbocycles. The molecule has 2 amide bonds. The molecule has 0 saturated carbocycles. The Bertz CT molecular complexity index is 727. The molecule has 0 spiro atoms. The Morgan fingerprint density at radius 1 is 1.13 bits per heavy atom. The van der Waals surface area contributed by atoms with Crippen LogP contribution in [-0.2, 0) is 9.53 Å². The van der Waals surface area contributed by atoms with Gasteiger partial charge in [0, 0.05) is 10.0 Å². The van der Waals surface area contributed by atoms with E-state index < -0.39 is 24.4 Å². The van der Waals surface area contributed by atoms with Crippen LogP contribution < -0.4 is 10.9 Å². The van der Waals surface area contributed by atoms with Crippen molar-refractivity contribution in [2.75, 3.05) is 6.61 Å². The van der Waals surface area contributed by atoms with E-state index >= 15 is 0 Å². The molecule has 8 heteroatoms. The Kier molecular flexibility index (Phi) is 5.89. The first kappa shape index (κ1) is 17.2. The normalized spacial score (nSPS) is 10.0. The molecule has 2 N–H and O–H groups in total. The van der Waals surface area contributed by atoms with Crippen LogP contribution in [0.3, 0.4) is 0 Å². The third-order valence-electron chi connectivity index (χ3n) is 2.80. The molecule has 2 aromatic rings. The summed E-state index contributed by atoms with van der Waals surface area (Å²) < 4.78 is 5.73. The number of amides is 2. The number of carbonyl (C=O) groups is 3. The summed E-state index contributed by atoms with van der Waals surface area (Å²) in [6.07, 6.45) is 0. The fourth-order valence-corrected chi connectivity index (χ4v) is 2.70. The first-order valence-electron chi connectivity index (χ1n) is 6.53. The standard InChI is InChI=1S/C15H13BrN2O4S/c1-9-6-7-23-13(9)15(21)22-8-12(19)17-18-14(20)10-2-4-11(16)5-3-10/h2-7H,8H2,1H3,(H,17,19)(H,18,20). The van der Waals surface area contributed by atoms with Crippen molar-refractivity contribution in [3.8, 4) is 0 Å². The zero-order chi connectivity index (χ0) is 16.8. The van der Waals surface area contributed by atoms with Gasteiger partial charge in [-0.2, -0.15) is 0 Å². The number of carbonyl (C=O) groups excluding carboxylic acids is 3. The Morgan fingerprint density at radius 2 is 1.83 bits per heavy atom. The van der Waals surface area contributed by atoms with E-state index in [2.05, 4.69) is 26.8 Å². The Balaban J connectivity index is 1.77. The summed E-state index contributed by atoms with van der Waals surface area (Å²) >= 11 is 4.51. The highest BCUT2D eigenvalue weighted by atomic mass is 79.9. The van der Waals surface area contributed by atoms with Crippen LogP contribution in [-0.4, -0.2) is 24.4 Å². The van der Waals surface area contributed by atoms with Crippen molar-refractivity contribution in [2.24, 2.45) is 0 Å². The summed E-state index contributed by atoms with van der Waals surface area (Å²) in [5.74, 6) is -1.66. The summed E-state index contributed by atoms with van der Waals surface area (Å²) in [4.78, 5) is 35.6. The van der Waals surface area contributed by atoms with Crippen molar-refractivity contribution in [2.45, 2.75) is 6.92 Å². The van der Waals surface area contributed by atoms with Crippen molar-refractivity contribution in [3.63, 3.8) is 0 Å². The van der Waals surface area contributed by atoms with Crippen molar-refractivity contribution < 1.29 is 19.1 Å². The maximum Gasteiger partial charge on any atom is 0.349 e. The highest BCUT2D eigenvalue weighted by Crippen LogP contribution is 2.16. The molecular weight excluding hydrogens is 384 g/mol. The van der Waals surface area contributed by atoms with Crippen LogP contribution in [0.5, 0.6) is 0 Å². The maximum absolute atomic E-state index is 11.8. The van der Waals surface area contributed by atoms with Gasteiger partial charge in [0.1, 0.15) is 4.88 Å². The lowest BCUT2D eigenvalue weighted by molar-refractivity contribution is -0.125. The number of rotatable bonds is 4. The van der Waals surface area contributed by atoms with Gasteiger partial charge in [0.05, 0.1) is 0 Å². The van der Waals surface area contributed by atoms with E-state index in [1.807, 2.05) is 0 Å². The molecule has 0 saturated heterocycles. The molecule has 0 bridgehead atoms. The number of benzene rings is 1. The quantitative estimate of drug-likeness (QED) is 0.613. The van der Waals surface area contributed by atoms with E-state index in [0.29, 0.717) is 10.4 Å². The monoisotopic (exact) mass is 396 g/mol. The second-order valence-electron chi connectivity index (χ2n) is 4.52. The van der Waals surface area contributed by atoms with Gasteiger partial charge in [-0.15, -0.1) is 11.3 Å². The summed E-state index contributed by atoms with van der Waals surface area (Å²) in [6.45, 7) is 1.31. The van der Waals surface area contributed by atoms with Crippen LogP contribution in [0.25, 0.3) is 0 Å². The second kappa shape index (κ2) is 7.89. The SMILES string of the molecule is Cc1ccsc1C(=O)OCC(=O)NNC(=O)c1ccc(Br)cc1. The topological polar surface area (TPSA) is 84.5 Å². The van der Waals surface area contributed by atoms with E-state index in [-0.39, 0.29) is 0 Å². The van der Waals surface area contributed by atoms with Crippen LogP contribution in [0.1, 0.15) is 25.6 Å². The molecule has 0 aliphatic heterocycles. The number of aryl methyl sites for hydroxylation is 1. The lowest BCUT2D eigenvalue weighted by atomic mass is 10.2. The van der Waals surface area contributed by atoms with Crippen LogP contribution in [0, 0.1) is 6.92 Å². The number of halogens is 1. The van der Waals surface area contributed by atoms with Gasteiger partial charge in [-0.05, 0) is 48.2 Å². The lowest BCUT2D eigenvalue weighted by Crippen LogP contribution is -2.43. The molecule has 120 valence electrons. The number of nitrogens with one attached hydrogen (secondary N) is 2. The van der Waals surface area contributed by atoms with E-state index in [0.717, 1.165) is 10.0 Å². The van der Waals surface area contributed by atoms with Crippen LogP contribution in [0.2, 0.25) is 0 Å². The van der Waals surface area contributed by atoms with Gasteiger partial charge in [-0.3, -0.25) is 20.4 Å². The number of hydrogen-bond donors (Lipinski definition) is 2. The molecule has 1 heterocycles. The fourth-order valence-electron chi connectivity index (χ4n) is 1.61. The first-order valence-corrected chi connectivity index (χ1v) is 8.20. The molecule has 0 atom stereocenters. The van der Waals surface area contributed by atoms with Crippen LogP contribution >= 0.6 is 27.3 Å². The Morgan fingerprint density at radius 3 is 2.43 bits per heavy atom. The molecule has 0 fully saturated rings. The highest BCUT2D eigenvalue weighted by molar-refractivity contribution is 9.10. The summed E-state index contributed by atoms with van der Waals surface area (Å²) in [5.41, 5.74) is 5.62. The number of esters is 1. The molecular formula is C15H13BrN2O4S. The van der Waals surface area contributed by atoms with Gasteiger partial charge in [0.2, 0.25) is 0 Å². The predicted molar refractivity (Wildman–Crippen MR) is 89.1 cm³/mol. The third-order valence-corrected chi connectivity index (χ3v) is 4.33. The van der Waals surface area contributed by atoms with Gasteiger partial charge in [0.25, 0.3) is 11.8 Å². The van der Waals surface area contributed by atoms with E-state index in [4.69, 9.17) is 4.74 Å². The average Bonchev–Trinajstić information content (AvgIpc) is 2.97. The van der Waals surface area contributed by atoms with Crippen molar-refractivity contribution in [1.29, 1.82) is 0 Å². The van der Waals surface area contributed by atoms with Gasteiger partial charge in [0.15, 0.2) is 6.61 Å². The average molecular weight is 397 g/mol. The smallest absolute Gasteiger partial charge is 0.349 e. The predicted octanol–water partition coefficient (Wildman–Crippen LogP) is 2.44. The minimum atomic E-state index is -0.627. The minimum Gasteiger partial charge on any atom is -0.451 e. The molecule has 6 nitrogen and oxygen atoms in total. The van der Waals surface area contributed by atoms with Crippen LogP contribution in [0.15, 0.2) is 40.2 Å². The number of thiophene rings is 1. The molecule has 2 rings (SSSR count). The first-order chi connectivity index (χ1) is 11.0. The zero-order valence-electron chi connectivity index (χ0n) is 12.1. The lowest BCUT2D eigenvalue weighted by Gasteiger charge is -2.08. The van der Waals surface area contributed by atoms with Crippen molar-refractivity contribution in [1.82, 2.24) is 10.9 Å². The maximum atomic E-state index is 11.8. The summed E-state index contributed by atoms with van der Waals surface area (Å²) in [7, 11) is 0. The van der Waals surface area contributed by atoms with Crippen molar-refractivity contribution >= 4 is 45.1 Å². The molecule has 1 aromatic heterocycles. The highest BCUT2D eigenvalue weighted by Gasteiger charge is 2.14. The number of ether oxygens (including phenoxy) is 1. The third kappa shape index (κ3) is 4.90. The van der Waals surface area contributed by atoms with Crippen molar-refractivity contribution in [3.05, 3.63) is 56.2 Å². The summed E-state index contributed by atoms with van der Waals surface area (Å²) in [6, 6.07) is 8.42. The zero-order valence-corrected chi connectivity index (χ0v) is 14.5. The second-order valence-corrected chi connectivity index (χ2v) is 6.35. The van der Waals surface area contributed by atoms with Gasteiger partial charge in [-0.1, -0.05) is 15.9 Å². The van der Waals surface area contributed by atoms with E-state index in [9.17, 15) is 14.4 Å². The van der Waals surface area contributed by atoms with E-state index in [1.165, 1.54) is 11.3 Å². The van der Waals surface area contributed by atoms with Gasteiger partial charge in [-0.25, -0.2) is 4.79 Å². The Labute approximate surface area is 144 Å². The molecule has 1 aromatic carbocycles. The minimum absolute atomic E-state index is 0.389. The van der Waals surface area contributed by atoms with E-state index in [1.54, 1.807) is 42.6 Å². The fraction of sp³-hybridized carbons (Fsp3) is 0.133. The Hall–Kier alpha value is -2.19. The number of hydrogen-bond acceptors (Lipinski definition) is 5. The summed E-state index contributed by atoms with van der Waals surface area (Å²) in [5, 5.41) is 1.77. The molecule has 0 radical (unpaired) electrons. The molecule has 0 unspecified atom stereocenters. The number of hydrazine groups is 1. The van der Waals surface area contributed by atoms with Crippen LogP contribution in [0.4, 0.5) is 0 Å². The molecule has 23 heavy (non-hydrogen) atoms. The van der Waals surface area contributed by atoms with Gasteiger partial charge >= 0.3 is 5.97 Å². The largest absolute Gasteiger partial charge is 0.451 e. The molecule has 0 aliphatic rings. The van der Waals surface area contributed by atoms with Gasteiger partial charge < -0.3 is 4.74 Å².